The molecule has 0 fully saturated rings. The van der Waals surface area contributed by atoms with Crippen molar-refractivity contribution in [2.75, 3.05) is 22.9 Å². The van der Waals surface area contributed by atoms with Gasteiger partial charge in [-0.25, -0.2) is 0 Å². The number of amides is 1. The van der Waals surface area contributed by atoms with Gasteiger partial charge in [-0.2, -0.15) is 0 Å². The lowest BCUT2D eigenvalue weighted by molar-refractivity contribution is -0.117. The first kappa shape index (κ1) is 21.2. The summed E-state index contributed by atoms with van der Waals surface area (Å²) in [7, 11) is 0. The van der Waals surface area contributed by atoms with Gasteiger partial charge >= 0.3 is 0 Å². The number of benzene rings is 1. The number of aliphatic hydroxyl groups excluding tert-OH is 1. The van der Waals surface area contributed by atoms with Crippen LogP contribution in [0.3, 0.4) is 0 Å². The highest BCUT2D eigenvalue weighted by Gasteiger charge is 2.17. The van der Waals surface area contributed by atoms with Gasteiger partial charge in [0.15, 0.2) is 0 Å². The highest BCUT2D eigenvalue weighted by atomic mass is 16.3. The molecule has 0 aliphatic rings. The Balaban J connectivity index is 2.68. The SMILES string of the molecule is CC[C@H](CCCC(=O)N(C=N)c1ccc(N(CC)CC)cc1)[C@H](C)O. The van der Waals surface area contributed by atoms with Gasteiger partial charge in [0.05, 0.1) is 12.4 Å². The molecule has 0 radical (unpaired) electrons. The van der Waals surface area contributed by atoms with Gasteiger partial charge in [0.25, 0.3) is 0 Å². The highest BCUT2D eigenvalue weighted by Crippen LogP contribution is 2.22. The summed E-state index contributed by atoms with van der Waals surface area (Å²) in [6, 6.07) is 7.77. The maximum Gasteiger partial charge on any atom is 0.232 e. The lowest BCUT2D eigenvalue weighted by atomic mass is 9.94. The second kappa shape index (κ2) is 10.9. The fourth-order valence-corrected chi connectivity index (χ4v) is 3.13. The molecule has 0 aliphatic carbocycles. The third-order valence-corrected chi connectivity index (χ3v) is 4.83. The molecule has 0 aliphatic heterocycles. The van der Waals surface area contributed by atoms with E-state index in [-0.39, 0.29) is 17.9 Å². The smallest absolute Gasteiger partial charge is 0.232 e. The summed E-state index contributed by atoms with van der Waals surface area (Å²) >= 11 is 0. The van der Waals surface area contributed by atoms with E-state index in [9.17, 15) is 9.90 Å². The van der Waals surface area contributed by atoms with Crippen molar-refractivity contribution in [2.24, 2.45) is 5.92 Å². The van der Waals surface area contributed by atoms with E-state index in [0.717, 1.165) is 50.1 Å². The topological polar surface area (TPSA) is 67.6 Å². The van der Waals surface area contributed by atoms with Crippen molar-refractivity contribution >= 4 is 23.6 Å². The Labute approximate surface area is 152 Å². The number of carbonyl (C=O) groups excluding carboxylic acids is 1. The summed E-state index contributed by atoms with van der Waals surface area (Å²) < 4.78 is 0. The summed E-state index contributed by atoms with van der Waals surface area (Å²) in [5, 5.41) is 17.3. The van der Waals surface area contributed by atoms with E-state index in [0.29, 0.717) is 6.42 Å². The van der Waals surface area contributed by atoms with Crippen LogP contribution in [0.2, 0.25) is 0 Å². The molecule has 0 aromatic heterocycles. The van der Waals surface area contributed by atoms with E-state index < -0.39 is 0 Å². The summed E-state index contributed by atoms with van der Waals surface area (Å²) in [5.41, 5.74) is 1.84. The quantitative estimate of drug-likeness (QED) is 0.469. The van der Waals surface area contributed by atoms with Gasteiger partial charge in [-0.3, -0.25) is 15.1 Å². The van der Waals surface area contributed by atoms with Gasteiger partial charge in [0.2, 0.25) is 5.91 Å². The predicted octanol–water partition coefficient (Wildman–Crippen LogP) is 4.05. The molecule has 2 N–H and O–H groups in total. The summed E-state index contributed by atoms with van der Waals surface area (Å²) in [5.74, 6) is 0.153. The van der Waals surface area contributed by atoms with E-state index in [1.165, 1.54) is 4.90 Å². The summed E-state index contributed by atoms with van der Waals surface area (Å²) in [4.78, 5) is 16.1. The Hall–Kier alpha value is -1.88. The Morgan fingerprint density at radius 2 is 1.72 bits per heavy atom. The van der Waals surface area contributed by atoms with Crippen molar-refractivity contribution in [1.82, 2.24) is 0 Å². The lowest BCUT2D eigenvalue weighted by Crippen LogP contribution is -2.29. The van der Waals surface area contributed by atoms with Crippen molar-refractivity contribution in [1.29, 1.82) is 5.41 Å². The largest absolute Gasteiger partial charge is 0.393 e. The second-order valence-corrected chi connectivity index (χ2v) is 6.38. The zero-order chi connectivity index (χ0) is 18.8. The van der Waals surface area contributed by atoms with Crippen molar-refractivity contribution in [2.45, 2.75) is 59.5 Å². The van der Waals surface area contributed by atoms with Crippen molar-refractivity contribution in [3.63, 3.8) is 0 Å². The standard InChI is InChI=1S/C20H33N3O2/c1-5-17(16(4)24)9-8-10-20(25)23(15-21)19-13-11-18(12-14-19)22(6-2)7-3/h11-17,21,24H,5-10H2,1-4H3/t16-,17+/m0/s1. The summed E-state index contributed by atoms with van der Waals surface area (Å²) in [6.07, 6.45) is 3.59. The van der Waals surface area contributed by atoms with E-state index in [4.69, 9.17) is 5.41 Å². The third-order valence-electron chi connectivity index (χ3n) is 4.83. The number of carbonyl (C=O) groups is 1. The summed E-state index contributed by atoms with van der Waals surface area (Å²) in [6.45, 7) is 9.96. The van der Waals surface area contributed by atoms with Crippen molar-refractivity contribution in [3.8, 4) is 0 Å². The van der Waals surface area contributed by atoms with Crippen LogP contribution in [0.4, 0.5) is 11.4 Å². The molecule has 1 amide bonds. The fraction of sp³-hybridized carbons (Fsp3) is 0.600. The first-order chi connectivity index (χ1) is 12.0. The molecule has 0 bridgehead atoms. The lowest BCUT2D eigenvalue weighted by Gasteiger charge is -2.23. The molecule has 0 heterocycles. The first-order valence-corrected chi connectivity index (χ1v) is 9.34. The van der Waals surface area contributed by atoms with Crippen molar-refractivity contribution < 1.29 is 9.90 Å². The normalized spacial score (nSPS) is 13.2. The minimum absolute atomic E-state index is 0.0777. The van der Waals surface area contributed by atoms with Gasteiger partial charge in [0, 0.05) is 30.9 Å². The monoisotopic (exact) mass is 347 g/mol. The molecule has 1 rings (SSSR count). The number of aliphatic hydroxyl groups is 1. The van der Waals surface area contributed by atoms with E-state index in [2.05, 4.69) is 25.7 Å². The molecule has 5 nitrogen and oxygen atoms in total. The Morgan fingerprint density at radius 3 is 2.16 bits per heavy atom. The van der Waals surface area contributed by atoms with Crippen LogP contribution >= 0.6 is 0 Å². The molecule has 0 spiro atoms. The maximum absolute atomic E-state index is 12.4. The number of rotatable bonds is 11. The van der Waals surface area contributed by atoms with Gasteiger partial charge in [-0.05, 0) is 63.8 Å². The van der Waals surface area contributed by atoms with Crippen LogP contribution in [0, 0.1) is 11.3 Å². The molecular formula is C20H33N3O2. The average molecular weight is 348 g/mol. The number of hydrogen-bond donors (Lipinski definition) is 2. The molecule has 2 atom stereocenters. The molecule has 1 aromatic rings. The zero-order valence-electron chi connectivity index (χ0n) is 16.0. The van der Waals surface area contributed by atoms with Gasteiger partial charge in [-0.15, -0.1) is 0 Å². The molecule has 0 saturated heterocycles. The highest BCUT2D eigenvalue weighted by molar-refractivity contribution is 6.07. The maximum atomic E-state index is 12.4. The minimum atomic E-state index is -0.341. The molecule has 25 heavy (non-hydrogen) atoms. The molecule has 0 unspecified atom stereocenters. The molecule has 5 heteroatoms. The second-order valence-electron chi connectivity index (χ2n) is 6.38. The molecule has 140 valence electrons. The number of anilines is 2. The van der Waals surface area contributed by atoms with Gasteiger partial charge < -0.3 is 10.0 Å². The van der Waals surface area contributed by atoms with E-state index >= 15 is 0 Å². The predicted molar refractivity (Wildman–Crippen MR) is 106 cm³/mol. The minimum Gasteiger partial charge on any atom is -0.393 e. The Kier molecular flexibility index (Phi) is 9.21. The van der Waals surface area contributed by atoms with Crippen molar-refractivity contribution in [3.05, 3.63) is 24.3 Å². The van der Waals surface area contributed by atoms with Gasteiger partial charge in [-0.1, -0.05) is 13.3 Å². The van der Waals surface area contributed by atoms with Crippen LogP contribution in [-0.2, 0) is 4.79 Å². The Morgan fingerprint density at radius 1 is 1.16 bits per heavy atom. The van der Waals surface area contributed by atoms with Crippen LogP contribution in [0.5, 0.6) is 0 Å². The van der Waals surface area contributed by atoms with E-state index in [1.54, 1.807) is 6.92 Å². The van der Waals surface area contributed by atoms with Gasteiger partial charge in [0.1, 0.15) is 0 Å². The Bertz CT molecular complexity index is 524. The fourth-order valence-electron chi connectivity index (χ4n) is 3.13. The molecule has 1 aromatic carbocycles. The zero-order valence-corrected chi connectivity index (χ0v) is 16.0. The first-order valence-electron chi connectivity index (χ1n) is 9.34. The number of nitrogens with zero attached hydrogens (tertiary/aromatic N) is 2. The average Bonchev–Trinajstić information content (AvgIpc) is 2.61. The van der Waals surface area contributed by atoms with E-state index in [1.807, 2.05) is 24.3 Å². The number of nitrogens with one attached hydrogen (secondary N) is 1. The van der Waals surface area contributed by atoms with Crippen LogP contribution in [0.15, 0.2) is 24.3 Å². The van der Waals surface area contributed by atoms with Crippen LogP contribution in [0.1, 0.15) is 53.4 Å². The van der Waals surface area contributed by atoms with Crippen LogP contribution in [-0.4, -0.2) is 36.5 Å². The van der Waals surface area contributed by atoms with Crippen LogP contribution < -0.4 is 9.80 Å². The van der Waals surface area contributed by atoms with Crippen LogP contribution in [0.25, 0.3) is 0 Å². The molecule has 0 saturated carbocycles. The molecular weight excluding hydrogens is 314 g/mol. The number of hydrogen-bond acceptors (Lipinski definition) is 4. The third kappa shape index (κ3) is 6.16.